The molecular formula is C12H13FN4O3. The molecule has 0 aliphatic carbocycles. The second kappa shape index (κ2) is 5.55. The van der Waals surface area contributed by atoms with Gasteiger partial charge in [0, 0.05) is 24.9 Å². The topological polar surface area (TPSA) is 92.3 Å². The van der Waals surface area contributed by atoms with Gasteiger partial charge < -0.3 is 15.2 Å². The van der Waals surface area contributed by atoms with Crippen molar-refractivity contribution in [2.24, 2.45) is 7.05 Å². The van der Waals surface area contributed by atoms with Gasteiger partial charge in [-0.2, -0.15) is 4.98 Å². The highest BCUT2D eigenvalue weighted by Gasteiger charge is 2.17. The molecule has 7 nitrogen and oxygen atoms in total. The zero-order valence-corrected chi connectivity index (χ0v) is 11.0. The lowest BCUT2D eigenvalue weighted by atomic mass is 10.1. The first-order valence-corrected chi connectivity index (χ1v) is 5.81. The van der Waals surface area contributed by atoms with Crippen molar-refractivity contribution in [1.82, 2.24) is 14.8 Å². The van der Waals surface area contributed by atoms with Crippen LogP contribution in [0.3, 0.4) is 0 Å². The van der Waals surface area contributed by atoms with E-state index in [1.807, 2.05) is 0 Å². The average Bonchev–Trinajstić information content (AvgIpc) is 2.78. The largest absolute Gasteiger partial charge is 0.462 e. The maximum absolute atomic E-state index is 13.8. The number of rotatable bonds is 4. The highest BCUT2D eigenvalue weighted by molar-refractivity contribution is 5.95. The molecule has 0 aliphatic heterocycles. The summed E-state index contributed by atoms with van der Waals surface area (Å²) in [6.07, 6.45) is 1.40. The molecule has 2 N–H and O–H groups in total. The Labute approximate surface area is 114 Å². The third kappa shape index (κ3) is 2.85. The molecule has 106 valence electrons. The molecular weight excluding hydrogens is 267 g/mol. The molecule has 20 heavy (non-hydrogen) atoms. The maximum atomic E-state index is 13.8. The molecule has 2 rings (SSSR count). The van der Waals surface area contributed by atoms with Gasteiger partial charge in [-0.3, -0.25) is 4.68 Å². The summed E-state index contributed by atoms with van der Waals surface area (Å²) in [6, 6.07) is 2.12. The fourth-order valence-corrected chi connectivity index (χ4v) is 1.50. The Morgan fingerprint density at radius 3 is 2.85 bits per heavy atom. The summed E-state index contributed by atoms with van der Waals surface area (Å²) in [5, 5.41) is 3.85. The average molecular weight is 280 g/mol. The zero-order valence-electron chi connectivity index (χ0n) is 11.0. The van der Waals surface area contributed by atoms with Crippen LogP contribution in [0, 0.1) is 5.82 Å². The van der Waals surface area contributed by atoms with Crippen LogP contribution in [0.15, 0.2) is 18.5 Å². The molecule has 0 fully saturated rings. The number of hydrogen-bond acceptors (Lipinski definition) is 6. The first-order chi connectivity index (χ1) is 9.51. The molecule has 0 bridgehead atoms. The summed E-state index contributed by atoms with van der Waals surface area (Å²) in [5.74, 6) is -1.57. The van der Waals surface area contributed by atoms with Gasteiger partial charge in [-0.05, 0) is 6.92 Å². The number of carbonyl (C=O) groups excluding carboxylic acids is 1. The second-order valence-corrected chi connectivity index (χ2v) is 3.89. The van der Waals surface area contributed by atoms with Crippen molar-refractivity contribution in [3.05, 3.63) is 29.8 Å². The fraction of sp³-hybridized carbons (Fsp3) is 0.250. The van der Waals surface area contributed by atoms with E-state index in [2.05, 4.69) is 10.1 Å². The van der Waals surface area contributed by atoms with Crippen molar-refractivity contribution in [3.8, 4) is 11.8 Å². The van der Waals surface area contributed by atoms with E-state index >= 15 is 0 Å². The number of hydrogen-bond donors (Lipinski definition) is 1. The molecule has 1 heterocycles. The number of aromatic nitrogens is 3. The van der Waals surface area contributed by atoms with Gasteiger partial charge in [0.15, 0.2) is 11.6 Å². The van der Waals surface area contributed by atoms with Crippen LogP contribution in [0.25, 0.3) is 0 Å². The van der Waals surface area contributed by atoms with E-state index in [0.717, 1.165) is 6.07 Å². The first kappa shape index (κ1) is 13.8. The quantitative estimate of drug-likeness (QED) is 0.674. The van der Waals surface area contributed by atoms with Crippen LogP contribution in [0.2, 0.25) is 0 Å². The summed E-state index contributed by atoms with van der Waals surface area (Å²) >= 11 is 0. The number of carbonyl (C=O) groups is 1. The van der Waals surface area contributed by atoms with Crippen molar-refractivity contribution in [2.75, 3.05) is 12.3 Å². The van der Waals surface area contributed by atoms with Gasteiger partial charge in [-0.1, -0.05) is 0 Å². The van der Waals surface area contributed by atoms with E-state index in [1.54, 1.807) is 14.0 Å². The van der Waals surface area contributed by atoms with Gasteiger partial charge in [0.25, 0.3) is 0 Å². The summed E-state index contributed by atoms with van der Waals surface area (Å²) in [5.41, 5.74) is 5.59. The summed E-state index contributed by atoms with van der Waals surface area (Å²) in [6.45, 7) is 1.85. The Kier molecular flexibility index (Phi) is 3.83. The molecule has 0 saturated carbocycles. The molecule has 0 aliphatic rings. The van der Waals surface area contributed by atoms with Crippen LogP contribution in [-0.4, -0.2) is 27.3 Å². The lowest BCUT2D eigenvalue weighted by Crippen LogP contribution is -2.09. The van der Waals surface area contributed by atoms with Gasteiger partial charge in [0.1, 0.15) is 6.33 Å². The van der Waals surface area contributed by atoms with Gasteiger partial charge in [-0.15, -0.1) is 5.10 Å². The van der Waals surface area contributed by atoms with Gasteiger partial charge in [0.05, 0.1) is 12.2 Å². The number of halogens is 1. The lowest BCUT2D eigenvalue weighted by molar-refractivity contribution is 0.0527. The Balaban J connectivity index is 2.33. The SMILES string of the molecule is CCOC(=O)c1cc(Oc2ncn(C)n2)c(F)cc1N. The minimum Gasteiger partial charge on any atom is -0.462 e. The number of benzene rings is 1. The van der Waals surface area contributed by atoms with E-state index < -0.39 is 11.8 Å². The predicted molar refractivity (Wildman–Crippen MR) is 67.8 cm³/mol. The van der Waals surface area contributed by atoms with Gasteiger partial charge in [-0.25, -0.2) is 9.18 Å². The number of aryl methyl sites for hydroxylation is 1. The van der Waals surface area contributed by atoms with E-state index in [1.165, 1.54) is 17.1 Å². The molecule has 0 amide bonds. The van der Waals surface area contributed by atoms with Crippen LogP contribution in [0.1, 0.15) is 17.3 Å². The molecule has 0 spiro atoms. The Hall–Kier alpha value is -2.64. The minimum atomic E-state index is -0.719. The van der Waals surface area contributed by atoms with Gasteiger partial charge >= 0.3 is 12.0 Å². The molecule has 1 aromatic heterocycles. The standard InChI is InChI=1S/C12H13FN4O3/c1-3-19-11(18)7-4-10(8(13)5-9(7)14)20-12-15-6-17(2)16-12/h4-6H,3,14H2,1-2H3. The molecule has 8 heteroatoms. The minimum absolute atomic E-state index is 0.0257. The van der Waals surface area contributed by atoms with Crippen LogP contribution in [0.4, 0.5) is 10.1 Å². The van der Waals surface area contributed by atoms with Crippen LogP contribution < -0.4 is 10.5 Å². The normalized spacial score (nSPS) is 10.3. The van der Waals surface area contributed by atoms with Crippen molar-refractivity contribution >= 4 is 11.7 Å². The lowest BCUT2D eigenvalue weighted by Gasteiger charge is -2.08. The molecule has 1 aromatic carbocycles. The van der Waals surface area contributed by atoms with Gasteiger partial charge in [0.2, 0.25) is 0 Å². The van der Waals surface area contributed by atoms with Crippen LogP contribution >= 0.6 is 0 Å². The number of ether oxygens (including phenoxy) is 2. The third-order valence-corrected chi connectivity index (χ3v) is 2.38. The smallest absolute Gasteiger partial charge is 0.341 e. The molecule has 2 aromatic rings. The predicted octanol–water partition coefficient (Wildman–Crippen LogP) is 1.51. The Bertz CT molecular complexity index is 642. The van der Waals surface area contributed by atoms with Crippen LogP contribution in [0.5, 0.6) is 11.8 Å². The van der Waals surface area contributed by atoms with Crippen molar-refractivity contribution in [2.45, 2.75) is 6.92 Å². The van der Waals surface area contributed by atoms with Crippen molar-refractivity contribution < 1.29 is 18.7 Å². The van der Waals surface area contributed by atoms with Crippen molar-refractivity contribution in [1.29, 1.82) is 0 Å². The van der Waals surface area contributed by atoms with E-state index in [9.17, 15) is 9.18 Å². The van der Waals surface area contributed by atoms with Crippen molar-refractivity contribution in [3.63, 3.8) is 0 Å². The Morgan fingerprint density at radius 1 is 1.50 bits per heavy atom. The van der Waals surface area contributed by atoms with Crippen LogP contribution in [-0.2, 0) is 11.8 Å². The third-order valence-electron chi connectivity index (χ3n) is 2.38. The van der Waals surface area contributed by atoms with E-state index in [0.29, 0.717) is 0 Å². The van der Waals surface area contributed by atoms with E-state index in [4.69, 9.17) is 15.2 Å². The zero-order chi connectivity index (χ0) is 14.7. The summed E-state index contributed by atoms with van der Waals surface area (Å²) < 4.78 is 25.2. The second-order valence-electron chi connectivity index (χ2n) is 3.89. The highest BCUT2D eigenvalue weighted by Crippen LogP contribution is 2.27. The van der Waals surface area contributed by atoms with E-state index in [-0.39, 0.29) is 29.6 Å². The molecule has 0 atom stereocenters. The highest BCUT2D eigenvalue weighted by atomic mass is 19.1. The molecule has 0 saturated heterocycles. The summed E-state index contributed by atoms with van der Waals surface area (Å²) in [7, 11) is 1.64. The molecule has 0 radical (unpaired) electrons. The number of anilines is 1. The monoisotopic (exact) mass is 280 g/mol. The number of nitrogens with zero attached hydrogens (tertiary/aromatic N) is 3. The number of esters is 1. The maximum Gasteiger partial charge on any atom is 0.341 e. The summed E-state index contributed by atoms with van der Waals surface area (Å²) in [4.78, 5) is 15.5. The first-order valence-electron chi connectivity index (χ1n) is 5.81. The fourth-order valence-electron chi connectivity index (χ4n) is 1.50. The number of nitrogens with two attached hydrogens (primary N) is 1. The Morgan fingerprint density at radius 2 is 2.25 bits per heavy atom. The number of nitrogen functional groups attached to an aromatic ring is 1. The molecule has 0 unspecified atom stereocenters.